The van der Waals surface area contributed by atoms with Crippen molar-refractivity contribution in [3.63, 3.8) is 0 Å². The van der Waals surface area contributed by atoms with Gasteiger partial charge in [-0.15, -0.1) is 0 Å². The Kier molecular flexibility index (Phi) is 6.65. The Morgan fingerprint density at radius 3 is 2.48 bits per heavy atom. The third-order valence-corrected chi connectivity index (χ3v) is 3.74. The van der Waals surface area contributed by atoms with E-state index in [0.29, 0.717) is 22.8 Å². The van der Waals surface area contributed by atoms with Gasteiger partial charge >= 0.3 is 0 Å². The van der Waals surface area contributed by atoms with Crippen molar-refractivity contribution in [2.45, 2.75) is 13.0 Å². The van der Waals surface area contributed by atoms with Crippen molar-refractivity contribution in [2.75, 3.05) is 27.4 Å². The number of aliphatic hydroxyl groups is 1. The summed E-state index contributed by atoms with van der Waals surface area (Å²) in [6.07, 6.45) is -0.859. The minimum atomic E-state index is -0.859. The van der Waals surface area contributed by atoms with Gasteiger partial charge in [0.2, 0.25) is 0 Å². The van der Waals surface area contributed by atoms with E-state index in [0.717, 1.165) is 5.56 Å². The first kappa shape index (κ1) is 18.6. The smallest absolute Gasteiger partial charge is 0.258 e. The van der Waals surface area contributed by atoms with E-state index in [1.807, 2.05) is 25.1 Å². The van der Waals surface area contributed by atoms with Crippen LogP contribution in [0.1, 0.15) is 17.2 Å². The van der Waals surface area contributed by atoms with Gasteiger partial charge in [0.15, 0.2) is 18.1 Å². The molecular weight excluding hydrogens is 322 g/mol. The fourth-order valence-corrected chi connectivity index (χ4v) is 2.30. The van der Waals surface area contributed by atoms with Crippen LogP contribution in [0.3, 0.4) is 0 Å². The zero-order valence-corrected chi connectivity index (χ0v) is 14.6. The van der Waals surface area contributed by atoms with Crippen LogP contribution in [0.2, 0.25) is 0 Å². The summed E-state index contributed by atoms with van der Waals surface area (Å²) in [4.78, 5) is 11.9. The van der Waals surface area contributed by atoms with Crippen molar-refractivity contribution in [2.24, 2.45) is 0 Å². The molecule has 6 nitrogen and oxygen atoms in total. The molecule has 0 saturated heterocycles. The molecule has 1 atom stereocenters. The first-order valence-electron chi connectivity index (χ1n) is 7.90. The standard InChI is InChI=1S/C19H23NO5/c1-13-6-4-5-7-16(13)25-12-19(22)20-11-15(21)14-8-9-17(23-2)18(10-14)24-3/h4-10,15,21H,11-12H2,1-3H3,(H,20,22)/t15-/m1/s1. The summed E-state index contributed by atoms with van der Waals surface area (Å²) in [5.41, 5.74) is 1.58. The van der Waals surface area contributed by atoms with Crippen LogP contribution in [0.25, 0.3) is 0 Å². The van der Waals surface area contributed by atoms with Gasteiger partial charge in [-0.05, 0) is 36.2 Å². The number of nitrogens with one attached hydrogen (secondary N) is 1. The van der Waals surface area contributed by atoms with Crippen LogP contribution in [0.5, 0.6) is 17.2 Å². The van der Waals surface area contributed by atoms with Gasteiger partial charge in [0.05, 0.1) is 20.3 Å². The van der Waals surface area contributed by atoms with E-state index in [4.69, 9.17) is 14.2 Å². The van der Waals surface area contributed by atoms with E-state index >= 15 is 0 Å². The SMILES string of the molecule is COc1ccc([C@H](O)CNC(=O)COc2ccccc2C)cc1OC. The second-order valence-electron chi connectivity index (χ2n) is 5.49. The molecule has 1 amide bonds. The van der Waals surface area contributed by atoms with Crippen molar-refractivity contribution in [1.29, 1.82) is 0 Å². The highest BCUT2D eigenvalue weighted by atomic mass is 16.5. The molecule has 0 spiro atoms. The van der Waals surface area contributed by atoms with Gasteiger partial charge in [-0.1, -0.05) is 24.3 Å². The van der Waals surface area contributed by atoms with Gasteiger partial charge in [0.1, 0.15) is 5.75 Å². The zero-order chi connectivity index (χ0) is 18.2. The van der Waals surface area contributed by atoms with Crippen LogP contribution in [-0.4, -0.2) is 38.4 Å². The lowest BCUT2D eigenvalue weighted by atomic mass is 10.1. The number of ether oxygens (including phenoxy) is 3. The summed E-state index contributed by atoms with van der Waals surface area (Å²) in [6, 6.07) is 12.6. The molecule has 134 valence electrons. The number of para-hydroxylation sites is 1. The van der Waals surface area contributed by atoms with Crippen molar-refractivity contribution in [1.82, 2.24) is 5.32 Å². The average Bonchev–Trinajstić information content (AvgIpc) is 2.64. The lowest BCUT2D eigenvalue weighted by Gasteiger charge is -2.15. The van der Waals surface area contributed by atoms with Crippen LogP contribution >= 0.6 is 0 Å². The first-order chi connectivity index (χ1) is 12.0. The van der Waals surface area contributed by atoms with Crippen LogP contribution < -0.4 is 19.5 Å². The number of benzene rings is 2. The van der Waals surface area contributed by atoms with E-state index in [-0.39, 0.29) is 19.1 Å². The van der Waals surface area contributed by atoms with Gasteiger partial charge in [-0.25, -0.2) is 0 Å². The highest BCUT2D eigenvalue weighted by Crippen LogP contribution is 2.29. The van der Waals surface area contributed by atoms with Gasteiger partial charge < -0.3 is 24.6 Å². The van der Waals surface area contributed by atoms with Crippen LogP contribution in [0.4, 0.5) is 0 Å². The summed E-state index contributed by atoms with van der Waals surface area (Å²) in [5, 5.41) is 12.9. The Hall–Kier alpha value is -2.73. The van der Waals surface area contributed by atoms with E-state index in [1.54, 1.807) is 31.4 Å². The van der Waals surface area contributed by atoms with Crippen molar-refractivity contribution in [3.8, 4) is 17.2 Å². The molecule has 0 aliphatic heterocycles. The van der Waals surface area contributed by atoms with Gasteiger partial charge in [-0.2, -0.15) is 0 Å². The minimum Gasteiger partial charge on any atom is -0.493 e. The summed E-state index contributed by atoms with van der Waals surface area (Å²) < 4.78 is 15.8. The maximum Gasteiger partial charge on any atom is 0.258 e. The fourth-order valence-electron chi connectivity index (χ4n) is 2.30. The molecule has 0 saturated carbocycles. The maximum absolute atomic E-state index is 11.9. The van der Waals surface area contributed by atoms with Crippen molar-refractivity contribution >= 4 is 5.91 Å². The third kappa shape index (κ3) is 5.12. The van der Waals surface area contributed by atoms with Gasteiger partial charge in [-0.3, -0.25) is 4.79 Å². The Morgan fingerprint density at radius 1 is 1.08 bits per heavy atom. The van der Waals surface area contributed by atoms with E-state index in [1.165, 1.54) is 7.11 Å². The molecule has 0 heterocycles. The number of methoxy groups -OCH3 is 2. The minimum absolute atomic E-state index is 0.0748. The lowest BCUT2D eigenvalue weighted by Crippen LogP contribution is -2.32. The normalized spacial score (nSPS) is 11.5. The number of carbonyl (C=O) groups excluding carboxylic acids is 1. The molecule has 25 heavy (non-hydrogen) atoms. The number of aryl methyl sites for hydroxylation is 1. The van der Waals surface area contributed by atoms with E-state index in [2.05, 4.69) is 5.32 Å². The topological polar surface area (TPSA) is 77.0 Å². The Labute approximate surface area is 147 Å². The summed E-state index contributed by atoms with van der Waals surface area (Å²) in [5.74, 6) is 1.46. The zero-order valence-electron chi connectivity index (χ0n) is 14.6. The van der Waals surface area contributed by atoms with Crippen LogP contribution in [0, 0.1) is 6.92 Å². The quantitative estimate of drug-likeness (QED) is 0.767. The van der Waals surface area contributed by atoms with E-state index < -0.39 is 6.10 Å². The Bertz CT molecular complexity index is 717. The predicted octanol–water partition coefficient (Wildman–Crippen LogP) is 2.24. The van der Waals surface area contributed by atoms with Crippen molar-refractivity contribution in [3.05, 3.63) is 53.6 Å². The van der Waals surface area contributed by atoms with Crippen LogP contribution in [-0.2, 0) is 4.79 Å². The molecule has 0 aromatic heterocycles. The summed E-state index contributed by atoms with van der Waals surface area (Å²) in [7, 11) is 3.07. The monoisotopic (exact) mass is 345 g/mol. The third-order valence-electron chi connectivity index (χ3n) is 3.74. The Balaban J connectivity index is 1.86. The first-order valence-corrected chi connectivity index (χ1v) is 7.90. The summed E-state index contributed by atoms with van der Waals surface area (Å²) >= 11 is 0. The van der Waals surface area contributed by atoms with Gasteiger partial charge in [0.25, 0.3) is 5.91 Å². The number of amides is 1. The maximum atomic E-state index is 11.9. The second-order valence-corrected chi connectivity index (χ2v) is 5.49. The highest BCUT2D eigenvalue weighted by molar-refractivity contribution is 5.77. The highest BCUT2D eigenvalue weighted by Gasteiger charge is 2.13. The molecule has 0 fully saturated rings. The number of rotatable bonds is 8. The number of hydrogen-bond acceptors (Lipinski definition) is 5. The number of carbonyl (C=O) groups is 1. The average molecular weight is 345 g/mol. The Morgan fingerprint density at radius 2 is 1.80 bits per heavy atom. The molecule has 0 aliphatic carbocycles. The molecular formula is C19H23NO5. The van der Waals surface area contributed by atoms with E-state index in [9.17, 15) is 9.90 Å². The fraction of sp³-hybridized carbons (Fsp3) is 0.316. The molecule has 6 heteroatoms. The number of hydrogen-bond donors (Lipinski definition) is 2. The van der Waals surface area contributed by atoms with Crippen LogP contribution in [0.15, 0.2) is 42.5 Å². The molecule has 0 radical (unpaired) electrons. The molecule has 2 rings (SSSR count). The molecule has 2 aromatic carbocycles. The largest absolute Gasteiger partial charge is 0.493 e. The summed E-state index contributed by atoms with van der Waals surface area (Å²) in [6.45, 7) is 1.88. The molecule has 0 bridgehead atoms. The van der Waals surface area contributed by atoms with Gasteiger partial charge in [0, 0.05) is 6.54 Å². The number of aliphatic hydroxyl groups excluding tert-OH is 1. The predicted molar refractivity (Wildman–Crippen MR) is 94.2 cm³/mol. The van der Waals surface area contributed by atoms with Crippen molar-refractivity contribution < 1.29 is 24.1 Å². The molecule has 2 aromatic rings. The lowest BCUT2D eigenvalue weighted by molar-refractivity contribution is -0.123. The molecule has 0 aliphatic rings. The molecule has 0 unspecified atom stereocenters. The second kappa shape index (κ2) is 8.94. The molecule has 2 N–H and O–H groups in total.